The largest absolute Gasteiger partial charge is 0.478 e. The van der Waals surface area contributed by atoms with Gasteiger partial charge in [-0.15, -0.1) is 0 Å². The molecule has 0 saturated carbocycles. The van der Waals surface area contributed by atoms with Crippen LogP contribution in [0.25, 0.3) is 0 Å². The minimum Gasteiger partial charge on any atom is -0.478 e. The Morgan fingerprint density at radius 2 is 1.30 bits per heavy atom. The summed E-state index contributed by atoms with van der Waals surface area (Å²) in [6.45, 7) is 0.727. The van der Waals surface area contributed by atoms with Gasteiger partial charge in [-0.05, 0) is 29.3 Å². The van der Waals surface area contributed by atoms with Crippen LogP contribution in [0.15, 0.2) is 78.9 Å². The molecule has 5 nitrogen and oxygen atoms in total. The van der Waals surface area contributed by atoms with Crippen molar-refractivity contribution < 1.29 is 14.7 Å². The van der Waals surface area contributed by atoms with Gasteiger partial charge in [0.05, 0.1) is 11.1 Å². The number of carbonyl (C=O) groups excluding carboxylic acids is 1. The Balaban J connectivity index is 1.98. The molecule has 0 aromatic heterocycles. The van der Waals surface area contributed by atoms with Crippen LogP contribution in [0.5, 0.6) is 0 Å². The lowest BCUT2D eigenvalue weighted by Crippen LogP contribution is -2.31. The zero-order valence-corrected chi connectivity index (χ0v) is 14.7. The first kappa shape index (κ1) is 18.2. The lowest BCUT2D eigenvalue weighted by Gasteiger charge is -2.24. The Morgan fingerprint density at radius 1 is 0.778 bits per heavy atom. The number of carboxylic acids is 1. The van der Waals surface area contributed by atoms with E-state index >= 15 is 0 Å². The summed E-state index contributed by atoms with van der Waals surface area (Å²) in [5.74, 6) is -1.52. The number of hydrogen-bond donors (Lipinski definition) is 2. The summed E-state index contributed by atoms with van der Waals surface area (Å²) in [5.41, 5.74) is 8.11. The Kier molecular flexibility index (Phi) is 5.52. The van der Waals surface area contributed by atoms with E-state index in [-0.39, 0.29) is 17.0 Å². The van der Waals surface area contributed by atoms with Crippen molar-refractivity contribution in [3.8, 4) is 0 Å². The number of benzene rings is 3. The molecule has 3 N–H and O–H groups in total. The van der Waals surface area contributed by atoms with E-state index in [9.17, 15) is 14.7 Å². The average molecular weight is 360 g/mol. The van der Waals surface area contributed by atoms with Crippen molar-refractivity contribution in [1.29, 1.82) is 0 Å². The summed E-state index contributed by atoms with van der Waals surface area (Å²) in [7, 11) is 0. The van der Waals surface area contributed by atoms with Crippen LogP contribution in [0, 0.1) is 0 Å². The quantitative estimate of drug-likeness (QED) is 0.655. The second-order valence-corrected chi connectivity index (χ2v) is 6.24. The van der Waals surface area contributed by atoms with E-state index in [0.29, 0.717) is 18.8 Å². The summed E-state index contributed by atoms with van der Waals surface area (Å²) in [6, 6.07) is 23.5. The topological polar surface area (TPSA) is 83.6 Å². The van der Waals surface area contributed by atoms with Crippen LogP contribution in [-0.2, 0) is 13.1 Å². The maximum atomic E-state index is 13.2. The molecular weight excluding hydrogens is 340 g/mol. The maximum Gasteiger partial charge on any atom is 0.336 e. The molecule has 1 amide bonds. The zero-order chi connectivity index (χ0) is 19.2. The number of nitrogens with two attached hydrogens (primary N) is 1. The smallest absolute Gasteiger partial charge is 0.336 e. The summed E-state index contributed by atoms with van der Waals surface area (Å²) < 4.78 is 0. The molecule has 0 atom stereocenters. The van der Waals surface area contributed by atoms with E-state index in [0.717, 1.165) is 11.1 Å². The third-order valence-corrected chi connectivity index (χ3v) is 4.22. The van der Waals surface area contributed by atoms with E-state index in [4.69, 9.17) is 5.73 Å². The third-order valence-electron chi connectivity index (χ3n) is 4.22. The fourth-order valence-corrected chi connectivity index (χ4v) is 2.90. The van der Waals surface area contributed by atoms with E-state index < -0.39 is 5.97 Å². The molecule has 0 saturated heterocycles. The first-order valence-electron chi connectivity index (χ1n) is 8.54. The van der Waals surface area contributed by atoms with Crippen LogP contribution < -0.4 is 5.73 Å². The molecule has 3 rings (SSSR count). The molecule has 0 aliphatic carbocycles. The molecule has 0 aliphatic rings. The average Bonchev–Trinajstić information content (AvgIpc) is 2.68. The highest BCUT2D eigenvalue weighted by molar-refractivity contribution is 6.05. The van der Waals surface area contributed by atoms with Crippen LogP contribution in [0.3, 0.4) is 0 Å². The molecule has 0 aliphatic heterocycles. The number of hydrogen-bond acceptors (Lipinski definition) is 3. The molecule has 27 heavy (non-hydrogen) atoms. The molecule has 0 heterocycles. The normalized spacial score (nSPS) is 10.4. The predicted octanol–water partition coefficient (Wildman–Crippen LogP) is 3.81. The second kappa shape index (κ2) is 8.19. The van der Waals surface area contributed by atoms with Crippen molar-refractivity contribution >= 4 is 17.6 Å². The number of amides is 1. The minimum absolute atomic E-state index is 0.0553. The summed E-state index contributed by atoms with van der Waals surface area (Å²) in [5, 5.41) is 9.46. The second-order valence-electron chi connectivity index (χ2n) is 6.24. The SMILES string of the molecule is Nc1ccc(C(=O)O)c(C(=O)N(Cc2ccccc2)Cc2ccccc2)c1. The Labute approximate surface area is 157 Å². The third kappa shape index (κ3) is 4.52. The van der Waals surface area contributed by atoms with Gasteiger partial charge >= 0.3 is 5.97 Å². The summed E-state index contributed by atoms with van der Waals surface area (Å²) in [6.07, 6.45) is 0. The van der Waals surface area contributed by atoms with Crippen LogP contribution in [-0.4, -0.2) is 21.9 Å². The van der Waals surface area contributed by atoms with Crippen molar-refractivity contribution in [2.45, 2.75) is 13.1 Å². The van der Waals surface area contributed by atoms with Gasteiger partial charge in [0.1, 0.15) is 0 Å². The minimum atomic E-state index is -1.15. The molecule has 136 valence electrons. The number of nitrogen functional groups attached to an aromatic ring is 1. The molecule has 0 spiro atoms. The Hall–Kier alpha value is -3.60. The van der Waals surface area contributed by atoms with Gasteiger partial charge in [-0.2, -0.15) is 0 Å². The molecule has 0 bridgehead atoms. The highest BCUT2D eigenvalue weighted by Crippen LogP contribution is 2.19. The lowest BCUT2D eigenvalue weighted by molar-refractivity contribution is 0.0668. The van der Waals surface area contributed by atoms with Crippen molar-refractivity contribution in [1.82, 2.24) is 4.90 Å². The van der Waals surface area contributed by atoms with E-state index in [1.165, 1.54) is 18.2 Å². The van der Waals surface area contributed by atoms with Crippen molar-refractivity contribution in [2.75, 3.05) is 5.73 Å². The Bertz CT molecular complexity index is 899. The predicted molar refractivity (Wildman–Crippen MR) is 104 cm³/mol. The van der Waals surface area contributed by atoms with Crippen LogP contribution in [0.4, 0.5) is 5.69 Å². The highest BCUT2D eigenvalue weighted by atomic mass is 16.4. The van der Waals surface area contributed by atoms with Gasteiger partial charge < -0.3 is 15.7 Å². The van der Waals surface area contributed by atoms with Gasteiger partial charge in [0.25, 0.3) is 5.91 Å². The number of carboxylic acid groups (broad SMARTS) is 1. The first-order chi connectivity index (χ1) is 13.0. The van der Waals surface area contributed by atoms with Gasteiger partial charge in [0, 0.05) is 18.8 Å². The molecule has 0 unspecified atom stereocenters. The Morgan fingerprint density at radius 3 is 1.78 bits per heavy atom. The number of aromatic carboxylic acids is 1. The number of anilines is 1. The van der Waals surface area contributed by atoms with Crippen LogP contribution in [0.2, 0.25) is 0 Å². The number of nitrogens with zero attached hydrogens (tertiary/aromatic N) is 1. The van der Waals surface area contributed by atoms with Gasteiger partial charge in [0.15, 0.2) is 0 Å². The van der Waals surface area contributed by atoms with E-state index in [1.54, 1.807) is 4.90 Å². The van der Waals surface area contributed by atoms with Gasteiger partial charge in [-0.3, -0.25) is 4.79 Å². The fourth-order valence-electron chi connectivity index (χ4n) is 2.90. The fraction of sp³-hybridized carbons (Fsp3) is 0.0909. The molecule has 5 heteroatoms. The highest BCUT2D eigenvalue weighted by Gasteiger charge is 2.22. The summed E-state index contributed by atoms with van der Waals surface area (Å²) in [4.78, 5) is 26.4. The molecular formula is C22H20N2O3. The molecule has 3 aromatic carbocycles. The summed E-state index contributed by atoms with van der Waals surface area (Å²) >= 11 is 0. The maximum absolute atomic E-state index is 13.2. The van der Waals surface area contributed by atoms with Gasteiger partial charge in [-0.25, -0.2) is 4.79 Å². The lowest BCUT2D eigenvalue weighted by atomic mass is 10.0. The van der Waals surface area contributed by atoms with Crippen molar-refractivity contribution in [3.63, 3.8) is 0 Å². The number of rotatable bonds is 6. The molecule has 3 aromatic rings. The molecule has 0 fully saturated rings. The van der Waals surface area contributed by atoms with Crippen molar-refractivity contribution in [3.05, 3.63) is 101 Å². The van der Waals surface area contributed by atoms with E-state index in [1.807, 2.05) is 60.7 Å². The van der Waals surface area contributed by atoms with Crippen LogP contribution >= 0.6 is 0 Å². The van der Waals surface area contributed by atoms with E-state index in [2.05, 4.69) is 0 Å². The van der Waals surface area contributed by atoms with Gasteiger partial charge in [-0.1, -0.05) is 60.7 Å². The first-order valence-corrected chi connectivity index (χ1v) is 8.54. The zero-order valence-electron chi connectivity index (χ0n) is 14.7. The number of carbonyl (C=O) groups is 2. The van der Waals surface area contributed by atoms with Gasteiger partial charge in [0.2, 0.25) is 0 Å². The van der Waals surface area contributed by atoms with Crippen molar-refractivity contribution in [2.24, 2.45) is 0 Å². The van der Waals surface area contributed by atoms with Crippen LogP contribution in [0.1, 0.15) is 31.8 Å². The monoisotopic (exact) mass is 360 g/mol. The standard InChI is InChI=1S/C22H20N2O3/c23-18-11-12-19(22(26)27)20(13-18)21(25)24(14-16-7-3-1-4-8-16)15-17-9-5-2-6-10-17/h1-13H,14-15,23H2,(H,26,27). The molecule has 0 radical (unpaired) electrons.